The number of hydrogen-bond acceptors (Lipinski definition) is 9. The van der Waals surface area contributed by atoms with Gasteiger partial charge in [0.2, 0.25) is 0 Å². The van der Waals surface area contributed by atoms with Crippen LogP contribution >= 0.6 is 46.1 Å². The number of thiophene rings is 2. The van der Waals surface area contributed by atoms with Crippen molar-refractivity contribution in [3.63, 3.8) is 0 Å². The standard InChI is InChI=1S/C26H12N6S4/c1-28-22(19-5-3-7-21-26(19)32-36-30-21)13-17-9-11-24(34-17)23-10-8-16(33-23)12-15(14-27)18-4-2-6-20-25(18)31-35-29-20/h2-13H/b15-12+,22-13-. The van der Waals surface area contributed by atoms with Gasteiger partial charge in [-0.2, -0.15) is 22.8 Å². The van der Waals surface area contributed by atoms with Crippen molar-refractivity contribution in [1.82, 2.24) is 17.5 Å². The van der Waals surface area contributed by atoms with E-state index < -0.39 is 0 Å². The molecule has 4 heterocycles. The van der Waals surface area contributed by atoms with Gasteiger partial charge in [-0.05, 0) is 48.6 Å². The lowest BCUT2D eigenvalue weighted by Gasteiger charge is -1.99. The zero-order valence-corrected chi connectivity index (χ0v) is 21.5. The molecule has 2 aromatic carbocycles. The van der Waals surface area contributed by atoms with E-state index in [1.807, 2.05) is 60.7 Å². The molecular formula is C26H12N6S4. The molecule has 6 nitrogen and oxygen atoms in total. The number of benzene rings is 2. The molecule has 0 spiro atoms. The van der Waals surface area contributed by atoms with Gasteiger partial charge in [0.1, 0.15) is 22.1 Å². The molecule has 0 unspecified atom stereocenters. The maximum Gasteiger partial charge on any atom is 0.197 e. The van der Waals surface area contributed by atoms with E-state index >= 15 is 0 Å². The van der Waals surface area contributed by atoms with Crippen molar-refractivity contribution in [1.29, 1.82) is 5.26 Å². The normalized spacial score (nSPS) is 12.2. The second kappa shape index (κ2) is 9.53. The van der Waals surface area contributed by atoms with Crippen molar-refractivity contribution in [3.05, 3.63) is 93.0 Å². The van der Waals surface area contributed by atoms with Crippen LogP contribution in [0.2, 0.25) is 0 Å². The van der Waals surface area contributed by atoms with Gasteiger partial charge in [0.25, 0.3) is 0 Å². The van der Waals surface area contributed by atoms with Gasteiger partial charge in [0, 0.05) is 30.6 Å². The first-order chi connectivity index (χ1) is 17.7. The summed E-state index contributed by atoms with van der Waals surface area (Å²) in [5.41, 5.74) is 5.80. The molecular weight excluding hydrogens is 525 g/mol. The van der Waals surface area contributed by atoms with Crippen LogP contribution in [0.15, 0.2) is 60.7 Å². The predicted octanol–water partition coefficient (Wildman–Crippen LogP) is 7.97. The highest BCUT2D eigenvalue weighted by atomic mass is 32.1. The number of hydrogen-bond donors (Lipinski definition) is 0. The molecule has 0 amide bonds. The average molecular weight is 537 g/mol. The Kier molecular flexibility index (Phi) is 5.93. The summed E-state index contributed by atoms with van der Waals surface area (Å²) in [5.74, 6) is 0. The lowest BCUT2D eigenvalue weighted by atomic mass is 10.0. The maximum atomic E-state index is 9.82. The molecule has 0 aliphatic carbocycles. The molecule has 0 saturated heterocycles. The van der Waals surface area contributed by atoms with E-state index in [1.54, 1.807) is 22.7 Å². The van der Waals surface area contributed by atoms with E-state index in [4.69, 9.17) is 6.57 Å². The second-order valence-electron chi connectivity index (χ2n) is 7.59. The number of fused-ring (bicyclic) bond motifs is 2. The average Bonchev–Trinajstić information content (AvgIpc) is 3.72. The predicted molar refractivity (Wildman–Crippen MR) is 150 cm³/mol. The maximum absolute atomic E-state index is 9.82. The van der Waals surface area contributed by atoms with Crippen molar-refractivity contribution in [2.45, 2.75) is 0 Å². The molecule has 0 fully saturated rings. The minimum atomic E-state index is 0.542. The van der Waals surface area contributed by atoms with Crippen LogP contribution in [0.1, 0.15) is 20.9 Å². The quantitative estimate of drug-likeness (QED) is 0.165. The number of nitriles is 1. The van der Waals surface area contributed by atoms with Crippen LogP contribution in [-0.4, -0.2) is 17.5 Å². The molecule has 4 aromatic heterocycles. The lowest BCUT2D eigenvalue weighted by Crippen LogP contribution is -1.84. The van der Waals surface area contributed by atoms with Gasteiger partial charge in [-0.1, -0.05) is 24.3 Å². The van der Waals surface area contributed by atoms with E-state index in [2.05, 4.69) is 40.5 Å². The van der Waals surface area contributed by atoms with Crippen molar-refractivity contribution >= 4 is 91.6 Å². The molecule has 0 saturated carbocycles. The van der Waals surface area contributed by atoms with E-state index in [0.717, 1.165) is 76.2 Å². The fourth-order valence-corrected chi connectivity index (χ4v) is 6.87. The summed E-state index contributed by atoms with van der Waals surface area (Å²) in [5, 5.41) is 9.82. The Balaban J connectivity index is 1.30. The number of rotatable bonds is 5. The van der Waals surface area contributed by atoms with Crippen LogP contribution in [0, 0.1) is 17.9 Å². The molecule has 0 atom stereocenters. The van der Waals surface area contributed by atoms with Gasteiger partial charge < -0.3 is 0 Å². The monoisotopic (exact) mass is 536 g/mol. The molecule has 170 valence electrons. The van der Waals surface area contributed by atoms with Crippen molar-refractivity contribution < 1.29 is 0 Å². The highest BCUT2D eigenvalue weighted by Gasteiger charge is 2.13. The largest absolute Gasteiger partial charge is 0.237 e. The minimum Gasteiger partial charge on any atom is -0.237 e. The van der Waals surface area contributed by atoms with E-state index in [1.165, 1.54) is 0 Å². The Hall–Kier alpha value is -4.06. The van der Waals surface area contributed by atoms with Gasteiger partial charge in [-0.3, -0.25) is 0 Å². The zero-order valence-electron chi connectivity index (χ0n) is 18.2. The van der Waals surface area contributed by atoms with Crippen molar-refractivity contribution in [3.8, 4) is 15.8 Å². The van der Waals surface area contributed by atoms with E-state index in [9.17, 15) is 5.26 Å². The smallest absolute Gasteiger partial charge is 0.197 e. The number of nitrogens with zero attached hydrogens (tertiary/aromatic N) is 6. The summed E-state index contributed by atoms with van der Waals surface area (Å²) in [4.78, 5) is 7.95. The third-order valence-corrected chi connectivity index (χ3v) is 8.79. The lowest BCUT2D eigenvalue weighted by molar-refractivity contribution is 1.52. The van der Waals surface area contributed by atoms with Crippen LogP contribution in [0.3, 0.4) is 0 Å². The molecule has 36 heavy (non-hydrogen) atoms. The van der Waals surface area contributed by atoms with Crippen LogP contribution < -0.4 is 0 Å². The summed E-state index contributed by atoms with van der Waals surface area (Å²) in [6.45, 7) is 7.72. The van der Waals surface area contributed by atoms with Crippen molar-refractivity contribution in [2.75, 3.05) is 0 Å². The summed E-state index contributed by atoms with van der Waals surface area (Å²) in [7, 11) is 0. The van der Waals surface area contributed by atoms with Gasteiger partial charge in [0.05, 0.1) is 41.7 Å². The van der Waals surface area contributed by atoms with E-state index in [-0.39, 0.29) is 0 Å². The molecule has 6 aromatic rings. The van der Waals surface area contributed by atoms with E-state index in [0.29, 0.717) is 11.3 Å². The minimum absolute atomic E-state index is 0.542. The van der Waals surface area contributed by atoms with Crippen molar-refractivity contribution in [2.24, 2.45) is 0 Å². The first-order valence-electron chi connectivity index (χ1n) is 10.6. The SMILES string of the molecule is [C-]#[N+]/C(=C\c1ccc(-c2ccc(/C=C(\C#N)c3cccc4nsnc34)s2)s1)c1cccc2nsnc12. The highest BCUT2D eigenvalue weighted by molar-refractivity contribution is 7.23. The van der Waals surface area contributed by atoms with Gasteiger partial charge in [-0.25, -0.2) is 4.85 Å². The van der Waals surface area contributed by atoms with Crippen LogP contribution in [0.5, 0.6) is 0 Å². The molecule has 6 rings (SSSR count). The Bertz CT molecular complexity index is 1750. The second-order valence-corrected chi connectivity index (χ2v) is 10.9. The van der Waals surface area contributed by atoms with Crippen LogP contribution in [0.25, 0.3) is 60.1 Å². The number of aromatic nitrogens is 4. The third kappa shape index (κ3) is 4.13. The zero-order chi connectivity index (χ0) is 24.5. The molecule has 0 bridgehead atoms. The topological polar surface area (TPSA) is 79.7 Å². The molecule has 0 N–H and O–H groups in total. The number of allylic oxidation sites excluding steroid dienone is 1. The Morgan fingerprint density at radius 3 is 1.94 bits per heavy atom. The highest BCUT2D eigenvalue weighted by Crippen LogP contribution is 2.37. The fraction of sp³-hybridized carbons (Fsp3) is 0. The van der Waals surface area contributed by atoms with Gasteiger partial charge in [-0.15, -0.1) is 22.7 Å². The molecule has 0 aliphatic rings. The molecule has 0 aliphatic heterocycles. The Morgan fingerprint density at radius 2 is 1.33 bits per heavy atom. The summed E-state index contributed by atoms with van der Waals surface area (Å²) < 4.78 is 17.3. The first-order valence-corrected chi connectivity index (χ1v) is 13.7. The third-order valence-electron chi connectivity index (χ3n) is 5.44. The Labute approximate surface area is 222 Å². The fourth-order valence-electron chi connectivity index (χ4n) is 3.78. The van der Waals surface area contributed by atoms with Gasteiger partial charge in [0.15, 0.2) is 5.70 Å². The summed E-state index contributed by atoms with van der Waals surface area (Å²) in [6, 6.07) is 21.9. The molecule has 10 heteroatoms. The van der Waals surface area contributed by atoms with Crippen LogP contribution in [-0.2, 0) is 0 Å². The summed E-state index contributed by atoms with van der Waals surface area (Å²) >= 11 is 5.55. The van der Waals surface area contributed by atoms with Gasteiger partial charge >= 0.3 is 0 Å². The molecule has 0 radical (unpaired) electrons. The first kappa shape index (κ1) is 22.4. The Morgan fingerprint density at radius 1 is 0.750 bits per heavy atom. The van der Waals surface area contributed by atoms with Crippen LogP contribution in [0.4, 0.5) is 0 Å². The summed E-state index contributed by atoms with van der Waals surface area (Å²) in [6.07, 6.45) is 3.80.